The largest absolute Gasteiger partial charge is 0.350 e. The fraction of sp³-hybridized carbons (Fsp3) is 0.818. The number of nitriles is 1. The molecule has 0 aliphatic rings. The predicted octanol–water partition coefficient (Wildman–Crippen LogP) is 2.23. The molecule has 0 aliphatic heterocycles. The molecule has 0 saturated heterocycles. The lowest BCUT2D eigenvalue weighted by Gasteiger charge is -2.30. The molecule has 3 nitrogen and oxygen atoms in total. The Morgan fingerprint density at radius 3 is 2.00 bits per heavy atom. The summed E-state index contributed by atoms with van der Waals surface area (Å²) < 4.78 is 0. The predicted molar refractivity (Wildman–Crippen MR) is 56.5 cm³/mol. The van der Waals surface area contributed by atoms with E-state index in [2.05, 4.69) is 5.32 Å². The highest BCUT2D eigenvalue weighted by Crippen LogP contribution is 2.19. The molecule has 1 amide bonds. The van der Waals surface area contributed by atoms with Crippen LogP contribution < -0.4 is 5.32 Å². The molecule has 0 radical (unpaired) electrons. The molecule has 0 atom stereocenters. The average Bonchev–Trinajstić information content (AvgIpc) is 2.17. The van der Waals surface area contributed by atoms with Crippen LogP contribution in [0.5, 0.6) is 0 Å². The van der Waals surface area contributed by atoms with Gasteiger partial charge in [-0.05, 0) is 33.6 Å². The molecule has 0 spiro atoms. The number of hydrogen-bond donors (Lipinski definition) is 1. The van der Waals surface area contributed by atoms with Crippen LogP contribution >= 0.6 is 0 Å². The quantitative estimate of drug-likeness (QED) is 0.749. The first-order valence-electron chi connectivity index (χ1n) is 5.05. The maximum absolute atomic E-state index is 11.7. The first kappa shape index (κ1) is 13.0. The minimum absolute atomic E-state index is 0.189. The minimum Gasteiger partial charge on any atom is -0.350 e. The molecule has 14 heavy (non-hydrogen) atoms. The lowest BCUT2D eigenvalue weighted by molar-refractivity contribution is -0.128. The molecule has 0 saturated carbocycles. The Kier molecular flexibility index (Phi) is 4.12. The van der Waals surface area contributed by atoms with E-state index >= 15 is 0 Å². The highest BCUT2D eigenvalue weighted by molar-refractivity contribution is 5.85. The van der Waals surface area contributed by atoms with Gasteiger partial charge >= 0.3 is 0 Å². The monoisotopic (exact) mass is 196 g/mol. The van der Waals surface area contributed by atoms with Gasteiger partial charge in [0, 0.05) is 5.54 Å². The number of rotatable bonds is 4. The zero-order valence-corrected chi connectivity index (χ0v) is 9.77. The SMILES string of the molecule is CCC(C)(CC)NC(=O)C(C)(C)C#N. The third-order valence-electron chi connectivity index (χ3n) is 2.82. The maximum atomic E-state index is 11.7. The van der Waals surface area contributed by atoms with Crippen molar-refractivity contribution >= 4 is 5.91 Å². The van der Waals surface area contributed by atoms with E-state index in [0.29, 0.717) is 0 Å². The van der Waals surface area contributed by atoms with Gasteiger partial charge in [0.05, 0.1) is 6.07 Å². The van der Waals surface area contributed by atoms with Gasteiger partial charge in [-0.15, -0.1) is 0 Å². The Morgan fingerprint density at radius 2 is 1.71 bits per heavy atom. The van der Waals surface area contributed by atoms with Gasteiger partial charge in [0.1, 0.15) is 5.41 Å². The van der Waals surface area contributed by atoms with Crippen LogP contribution in [0.2, 0.25) is 0 Å². The molecule has 0 aromatic rings. The molecule has 0 aliphatic carbocycles. The standard InChI is InChI=1S/C11H20N2O/c1-6-11(5,7-2)13-9(14)10(3,4)8-12/h6-7H2,1-5H3,(H,13,14). The Labute approximate surface area is 86.5 Å². The summed E-state index contributed by atoms with van der Waals surface area (Å²) >= 11 is 0. The van der Waals surface area contributed by atoms with Crippen LogP contribution in [0.15, 0.2) is 0 Å². The van der Waals surface area contributed by atoms with Crippen molar-refractivity contribution in [2.45, 2.75) is 53.0 Å². The van der Waals surface area contributed by atoms with Gasteiger partial charge in [-0.3, -0.25) is 4.79 Å². The summed E-state index contributed by atoms with van der Waals surface area (Å²) in [7, 11) is 0. The van der Waals surface area contributed by atoms with Crippen LogP contribution in [0.3, 0.4) is 0 Å². The van der Waals surface area contributed by atoms with E-state index in [9.17, 15) is 4.79 Å². The fourth-order valence-corrected chi connectivity index (χ4v) is 0.908. The topological polar surface area (TPSA) is 52.9 Å². The summed E-state index contributed by atoms with van der Waals surface area (Å²) in [5.74, 6) is -0.189. The first-order chi connectivity index (χ1) is 6.31. The van der Waals surface area contributed by atoms with E-state index in [1.807, 2.05) is 26.8 Å². The molecule has 0 unspecified atom stereocenters. The van der Waals surface area contributed by atoms with E-state index in [1.165, 1.54) is 0 Å². The van der Waals surface area contributed by atoms with E-state index < -0.39 is 5.41 Å². The summed E-state index contributed by atoms with van der Waals surface area (Å²) in [6.07, 6.45) is 1.74. The number of carbonyl (C=O) groups is 1. The number of hydrogen-bond acceptors (Lipinski definition) is 2. The molecule has 0 rings (SSSR count). The highest BCUT2D eigenvalue weighted by atomic mass is 16.2. The fourth-order valence-electron chi connectivity index (χ4n) is 0.908. The third-order valence-corrected chi connectivity index (χ3v) is 2.82. The van der Waals surface area contributed by atoms with Crippen LogP contribution in [0.25, 0.3) is 0 Å². The van der Waals surface area contributed by atoms with Gasteiger partial charge in [0.25, 0.3) is 0 Å². The molecule has 3 heteroatoms. The summed E-state index contributed by atoms with van der Waals surface area (Å²) in [5, 5.41) is 11.7. The van der Waals surface area contributed by atoms with Crippen molar-refractivity contribution in [3.63, 3.8) is 0 Å². The third kappa shape index (κ3) is 3.02. The molecular formula is C11H20N2O. The second kappa shape index (κ2) is 4.45. The average molecular weight is 196 g/mol. The Morgan fingerprint density at radius 1 is 1.29 bits per heavy atom. The second-order valence-electron chi connectivity index (χ2n) is 4.46. The van der Waals surface area contributed by atoms with Crippen LogP contribution in [-0.4, -0.2) is 11.4 Å². The summed E-state index contributed by atoms with van der Waals surface area (Å²) in [5.41, 5.74) is -1.13. The Balaban J connectivity index is 4.55. The van der Waals surface area contributed by atoms with Gasteiger partial charge in [0.15, 0.2) is 0 Å². The van der Waals surface area contributed by atoms with E-state index in [4.69, 9.17) is 5.26 Å². The second-order valence-corrected chi connectivity index (χ2v) is 4.46. The van der Waals surface area contributed by atoms with Crippen molar-refractivity contribution in [2.75, 3.05) is 0 Å². The summed E-state index contributed by atoms with van der Waals surface area (Å²) in [4.78, 5) is 11.7. The van der Waals surface area contributed by atoms with Gasteiger partial charge in [-0.2, -0.15) is 5.26 Å². The zero-order valence-electron chi connectivity index (χ0n) is 9.77. The van der Waals surface area contributed by atoms with Crippen LogP contribution in [0.4, 0.5) is 0 Å². The summed E-state index contributed by atoms with van der Waals surface area (Å²) in [6.45, 7) is 9.33. The number of nitrogens with one attached hydrogen (secondary N) is 1. The van der Waals surface area contributed by atoms with Crippen LogP contribution in [0.1, 0.15) is 47.5 Å². The lowest BCUT2D eigenvalue weighted by atomic mass is 9.90. The van der Waals surface area contributed by atoms with Crippen molar-refractivity contribution in [2.24, 2.45) is 5.41 Å². The van der Waals surface area contributed by atoms with Crippen molar-refractivity contribution in [1.29, 1.82) is 5.26 Å². The molecule has 0 heterocycles. The Bertz CT molecular complexity index is 247. The first-order valence-corrected chi connectivity index (χ1v) is 5.05. The van der Waals surface area contributed by atoms with Crippen LogP contribution in [0, 0.1) is 16.7 Å². The molecular weight excluding hydrogens is 176 g/mol. The van der Waals surface area contributed by atoms with E-state index in [1.54, 1.807) is 13.8 Å². The molecule has 1 N–H and O–H groups in total. The number of nitrogens with zero attached hydrogens (tertiary/aromatic N) is 1. The Hall–Kier alpha value is -1.04. The molecule has 0 aromatic heterocycles. The van der Waals surface area contributed by atoms with Gasteiger partial charge < -0.3 is 5.32 Å². The smallest absolute Gasteiger partial charge is 0.240 e. The minimum atomic E-state index is -0.939. The normalized spacial score (nSPS) is 12.0. The van der Waals surface area contributed by atoms with Gasteiger partial charge in [0.2, 0.25) is 5.91 Å². The van der Waals surface area contributed by atoms with Crippen molar-refractivity contribution in [3.8, 4) is 6.07 Å². The van der Waals surface area contributed by atoms with Crippen molar-refractivity contribution in [3.05, 3.63) is 0 Å². The maximum Gasteiger partial charge on any atom is 0.240 e. The van der Waals surface area contributed by atoms with E-state index in [-0.39, 0.29) is 11.4 Å². The molecule has 80 valence electrons. The zero-order chi connectivity index (χ0) is 11.4. The van der Waals surface area contributed by atoms with Crippen LogP contribution in [-0.2, 0) is 4.79 Å². The molecule has 0 aromatic carbocycles. The number of amides is 1. The van der Waals surface area contributed by atoms with Gasteiger partial charge in [-0.1, -0.05) is 13.8 Å². The number of carbonyl (C=O) groups excluding carboxylic acids is 1. The summed E-state index contributed by atoms with van der Waals surface area (Å²) in [6, 6.07) is 2.00. The van der Waals surface area contributed by atoms with E-state index in [0.717, 1.165) is 12.8 Å². The van der Waals surface area contributed by atoms with Crippen molar-refractivity contribution < 1.29 is 4.79 Å². The highest BCUT2D eigenvalue weighted by Gasteiger charge is 2.32. The van der Waals surface area contributed by atoms with Crippen molar-refractivity contribution in [1.82, 2.24) is 5.32 Å². The lowest BCUT2D eigenvalue weighted by Crippen LogP contribution is -2.49. The van der Waals surface area contributed by atoms with Gasteiger partial charge in [-0.25, -0.2) is 0 Å². The molecule has 0 bridgehead atoms. The molecule has 0 fully saturated rings.